The molecular weight excluding hydrogens is 448 g/mol. The molecule has 0 saturated heterocycles. The standard InChI is InChI=1S/C18H17Cl4N3OS/c1-10-6-7-11(2)14(8-10)23-17(27)25-16(18(20,21)22)24-15(26)12-4-3-5-13(19)9-12/h3-9,16H,1-2H3,(H,24,26)(H2,23,25,27). The van der Waals surface area contributed by atoms with Gasteiger partial charge in [-0.1, -0.05) is 64.6 Å². The molecule has 2 rings (SSSR count). The third-order valence-electron chi connectivity index (χ3n) is 3.61. The van der Waals surface area contributed by atoms with Gasteiger partial charge in [0.2, 0.25) is 3.79 Å². The lowest BCUT2D eigenvalue weighted by molar-refractivity contribution is 0.0934. The number of nitrogens with one attached hydrogen (secondary N) is 3. The maximum atomic E-state index is 12.4. The van der Waals surface area contributed by atoms with Crippen molar-refractivity contribution in [2.45, 2.75) is 23.8 Å². The maximum Gasteiger partial charge on any atom is 0.253 e. The minimum Gasteiger partial charge on any atom is -0.339 e. The summed E-state index contributed by atoms with van der Waals surface area (Å²) in [5.74, 6) is -0.462. The van der Waals surface area contributed by atoms with E-state index in [2.05, 4.69) is 16.0 Å². The summed E-state index contributed by atoms with van der Waals surface area (Å²) in [6, 6.07) is 12.3. The second-order valence-corrected chi connectivity index (χ2v) is 9.09. The topological polar surface area (TPSA) is 53.2 Å². The number of benzene rings is 2. The molecular formula is C18H17Cl4N3OS. The number of carbonyl (C=O) groups excluding carboxylic acids is 1. The quantitative estimate of drug-likeness (QED) is 0.323. The first kappa shape index (κ1) is 22.1. The number of halogens is 4. The summed E-state index contributed by atoms with van der Waals surface area (Å²) < 4.78 is -1.85. The Morgan fingerprint density at radius 3 is 2.41 bits per heavy atom. The van der Waals surface area contributed by atoms with E-state index in [-0.39, 0.29) is 5.11 Å². The van der Waals surface area contributed by atoms with Gasteiger partial charge in [0.25, 0.3) is 5.91 Å². The number of rotatable bonds is 4. The number of hydrogen-bond acceptors (Lipinski definition) is 2. The number of alkyl halides is 3. The molecule has 1 unspecified atom stereocenters. The van der Waals surface area contributed by atoms with Crippen molar-refractivity contribution in [3.8, 4) is 0 Å². The van der Waals surface area contributed by atoms with Gasteiger partial charge in [0.15, 0.2) is 5.11 Å². The zero-order chi connectivity index (χ0) is 20.2. The summed E-state index contributed by atoms with van der Waals surface area (Å²) in [6.07, 6.45) is -1.07. The number of aryl methyl sites for hydroxylation is 2. The summed E-state index contributed by atoms with van der Waals surface area (Å²) in [4.78, 5) is 12.4. The molecule has 0 aliphatic rings. The molecule has 0 spiro atoms. The highest BCUT2D eigenvalue weighted by Gasteiger charge is 2.35. The van der Waals surface area contributed by atoms with Crippen molar-refractivity contribution in [2.24, 2.45) is 0 Å². The molecule has 0 aliphatic heterocycles. The molecule has 0 radical (unpaired) electrons. The van der Waals surface area contributed by atoms with Gasteiger partial charge >= 0.3 is 0 Å². The van der Waals surface area contributed by atoms with Gasteiger partial charge in [-0.05, 0) is 61.5 Å². The fourth-order valence-electron chi connectivity index (χ4n) is 2.20. The number of carbonyl (C=O) groups is 1. The second kappa shape index (κ2) is 9.30. The van der Waals surface area contributed by atoms with Gasteiger partial charge in [0, 0.05) is 16.3 Å². The highest BCUT2D eigenvalue weighted by molar-refractivity contribution is 7.80. The van der Waals surface area contributed by atoms with Crippen molar-refractivity contribution in [3.63, 3.8) is 0 Å². The zero-order valence-corrected chi connectivity index (χ0v) is 18.3. The number of amides is 1. The van der Waals surface area contributed by atoms with Crippen LogP contribution in [0.2, 0.25) is 5.02 Å². The van der Waals surface area contributed by atoms with Crippen molar-refractivity contribution in [1.82, 2.24) is 10.6 Å². The monoisotopic (exact) mass is 463 g/mol. The van der Waals surface area contributed by atoms with Crippen LogP contribution in [0.1, 0.15) is 21.5 Å². The minimum atomic E-state index is -1.85. The van der Waals surface area contributed by atoms with E-state index in [1.54, 1.807) is 18.2 Å². The molecule has 0 fully saturated rings. The van der Waals surface area contributed by atoms with Crippen LogP contribution in [0.4, 0.5) is 5.69 Å². The van der Waals surface area contributed by atoms with E-state index in [9.17, 15) is 4.79 Å². The van der Waals surface area contributed by atoms with Crippen LogP contribution in [0, 0.1) is 13.8 Å². The third-order valence-corrected chi connectivity index (χ3v) is 4.72. The Morgan fingerprint density at radius 2 is 1.78 bits per heavy atom. The summed E-state index contributed by atoms with van der Waals surface area (Å²) in [7, 11) is 0. The Balaban J connectivity index is 2.11. The molecule has 0 aromatic heterocycles. The lowest BCUT2D eigenvalue weighted by atomic mass is 10.1. The van der Waals surface area contributed by atoms with Crippen molar-refractivity contribution >= 4 is 75.3 Å². The molecule has 0 saturated carbocycles. The Hall–Kier alpha value is -1.24. The SMILES string of the molecule is Cc1ccc(C)c(NC(=S)NC(NC(=O)c2cccc(Cl)c2)C(Cl)(Cl)Cl)c1. The summed E-state index contributed by atoms with van der Waals surface area (Å²) in [5.41, 5.74) is 3.21. The molecule has 0 aliphatic carbocycles. The van der Waals surface area contributed by atoms with E-state index in [0.29, 0.717) is 10.6 Å². The number of thiocarbonyl (C=S) groups is 1. The first-order chi connectivity index (χ1) is 12.6. The highest BCUT2D eigenvalue weighted by Crippen LogP contribution is 2.29. The van der Waals surface area contributed by atoms with Gasteiger partial charge in [0.1, 0.15) is 6.17 Å². The lowest BCUT2D eigenvalue weighted by Gasteiger charge is -2.28. The Labute approximate surface area is 183 Å². The van der Waals surface area contributed by atoms with E-state index < -0.39 is 15.9 Å². The molecule has 3 N–H and O–H groups in total. The van der Waals surface area contributed by atoms with Gasteiger partial charge in [-0.25, -0.2) is 0 Å². The fraction of sp³-hybridized carbons (Fsp3) is 0.222. The van der Waals surface area contributed by atoms with Crippen molar-refractivity contribution in [3.05, 3.63) is 64.2 Å². The molecule has 4 nitrogen and oxygen atoms in total. The molecule has 0 bridgehead atoms. The minimum absolute atomic E-state index is 0.200. The van der Waals surface area contributed by atoms with Crippen LogP contribution < -0.4 is 16.0 Å². The van der Waals surface area contributed by atoms with E-state index in [1.807, 2.05) is 32.0 Å². The van der Waals surface area contributed by atoms with Gasteiger partial charge in [-0.2, -0.15) is 0 Å². The van der Waals surface area contributed by atoms with E-state index >= 15 is 0 Å². The van der Waals surface area contributed by atoms with Gasteiger partial charge in [-0.3, -0.25) is 4.79 Å². The predicted octanol–water partition coefficient (Wildman–Crippen LogP) is 5.37. The smallest absolute Gasteiger partial charge is 0.253 e. The molecule has 2 aromatic rings. The van der Waals surface area contributed by atoms with E-state index in [0.717, 1.165) is 16.8 Å². The molecule has 1 atom stereocenters. The Bertz CT molecular complexity index is 855. The van der Waals surface area contributed by atoms with Crippen LogP contribution in [0.25, 0.3) is 0 Å². The first-order valence-corrected chi connectivity index (χ1v) is 9.76. The Kier molecular flexibility index (Phi) is 7.60. The molecule has 1 amide bonds. The maximum absolute atomic E-state index is 12.4. The normalized spacial score (nSPS) is 12.2. The molecule has 9 heteroatoms. The fourth-order valence-corrected chi connectivity index (χ4v) is 2.95. The first-order valence-electron chi connectivity index (χ1n) is 7.84. The molecule has 2 aromatic carbocycles. The highest BCUT2D eigenvalue weighted by atomic mass is 35.6. The second-order valence-electron chi connectivity index (χ2n) is 5.88. The largest absolute Gasteiger partial charge is 0.339 e. The average Bonchev–Trinajstić information content (AvgIpc) is 2.56. The summed E-state index contributed by atoms with van der Waals surface area (Å²) in [6.45, 7) is 3.91. The molecule has 144 valence electrons. The predicted molar refractivity (Wildman–Crippen MR) is 118 cm³/mol. The van der Waals surface area contributed by atoms with E-state index in [4.69, 9.17) is 58.6 Å². The average molecular weight is 465 g/mol. The van der Waals surface area contributed by atoms with E-state index in [1.165, 1.54) is 6.07 Å². The van der Waals surface area contributed by atoms with Gasteiger partial charge in [0.05, 0.1) is 0 Å². The van der Waals surface area contributed by atoms with Crippen LogP contribution in [0.15, 0.2) is 42.5 Å². The lowest BCUT2D eigenvalue weighted by Crippen LogP contribution is -2.56. The van der Waals surface area contributed by atoms with Crippen molar-refractivity contribution in [2.75, 3.05) is 5.32 Å². The zero-order valence-electron chi connectivity index (χ0n) is 14.4. The van der Waals surface area contributed by atoms with Crippen LogP contribution in [0.5, 0.6) is 0 Å². The van der Waals surface area contributed by atoms with Crippen molar-refractivity contribution in [1.29, 1.82) is 0 Å². The van der Waals surface area contributed by atoms with Crippen LogP contribution in [-0.2, 0) is 0 Å². The van der Waals surface area contributed by atoms with Crippen LogP contribution >= 0.6 is 58.6 Å². The summed E-state index contributed by atoms with van der Waals surface area (Å²) in [5, 5.41) is 9.11. The molecule has 27 heavy (non-hydrogen) atoms. The van der Waals surface area contributed by atoms with Crippen molar-refractivity contribution < 1.29 is 4.79 Å². The Morgan fingerprint density at radius 1 is 1.07 bits per heavy atom. The van der Waals surface area contributed by atoms with Crippen LogP contribution in [0.3, 0.4) is 0 Å². The number of anilines is 1. The molecule has 0 heterocycles. The summed E-state index contributed by atoms with van der Waals surface area (Å²) >= 11 is 29.2. The number of hydrogen-bond donors (Lipinski definition) is 3. The van der Waals surface area contributed by atoms with Gasteiger partial charge in [-0.15, -0.1) is 0 Å². The third kappa shape index (κ3) is 6.70. The van der Waals surface area contributed by atoms with Crippen LogP contribution in [-0.4, -0.2) is 21.0 Å². The van der Waals surface area contributed by atoms with Gasteiger partial charge < -0.3 is 16.0 Å².